The summed E-state index contributed by atoms with van der Waals surface area (Å²) < 4.78 is 11.4. The van der Waals surface area contributed by atoms with Crippen LogP contribution in [-0.2, 0) is 23.3 Å². The minimum Gasteiger partial charge on any atom is -0.481 e. The Balaban J connectivity index is 1.47. The predicted octanol–water partition coefficient (Wildman–Crippen LogP) is 2.91. The van der Waals surface area contributed by atoms with Crippen LogP contribution in [0, 0.1) is 0 Å². The van der Waals surface area contributed by atoms with E-state index in [4.69, 9.17) is 9.47 Å². The van der Waals surface area contributed by atoms with E-state index in [1.165, 1.54) is 16.2 Å². The molecule has 4 rings (SSSR count). The van der Waals surface area contributed by atoms with Gasteiger partial charge < -0.3 is 14.6 Å². The van der Waals surface area contributed by atoms with Crippen LogP contribution in [0.4, 0.5) is 0 Å². The summed E-state index contributed by atoms with van der Waals surface area (Å²) in [5.74, 6) is -0.211. The van der Waals surface area contributed by atoms with Gasteiger partial charge in [-0.3, -0.25) is 4.90 Å². The number of nitrogens with zero attached hydrogens (tertiary/aromatic N) is 2. The van der Waals surface area contributed by atoms with Gasteiger partial charge in [0.15, 0.2) is 0 Å². The largest absolute Gasteiger partial charge is 0.481 e. The maximum absolute atomic E-state index is 11.3. The third kappa shape index (κ3) is 3.22. The number of hydrogen-bond donors (Lipinski definition) is 1. The first kappa shape index (κ1) is 17.5. The molecule has 0 unspecified atom stereocenters. The second-order valence-electron chi connectivity index (χ2n) is 6.79. The van der Waals surface area contributed by atoms with Gasteiger partial charge in [0.2, 0.25) is 5.88 Å². The standard InChI is InChI=1S/C19H22N2O4S/c1-24-17-4-2-3-13(20-17)12-21-8-6-19(7-9-21)14-11-16(18(22)23)26-15(14)5-10-25-19/h2-4,11H,5-10,12H2,1H3,(H,22,23). The molecule has 2 aliphatic rings. The minimum atomic E-state index is -0.846. The van der Waals surface area contributed by atoms with Gasteiger partial charge in [0.1, 0.15) is 4.88 Å². The number of aromatic carboxylic acids is 1. The molecular weight excluding hydrogens is 352 g/mol. The highest BCUT2D eigenvalue weighted by atomic mass is 32.1. The van der Waals surface area contributed by atoms with Crippen LogP contribution in [0.1, 0.15) is 38.6 Å². The van der Waals surface area contributed by atoms with Gasteiger partial charge in [0.05, 0.1) is 25.0 Å². The Kier molecular flexibility index (Phi) is 4.69. The summed E-state index contributed by atoms with van der Waals surface area (Å²) in [6.45, 7) is 3.25. The highest BCUT2D eigenvalue weighted by molar-refractivity contribution is 7.14. The molecule has 7 heteroatoms. The molecule has 0 bridgehead atoms. The van der Waals surface area contributed by atoms with Crippen molar-refractivity contribution in [2.45, 2.75) is 31.4 Å². The summed E-state index contributed by atoms with van der Waals surface area (Å²) in [6.07, 6.45) is 2.56. The van der Waals surface area contributed by atoms with E-state index in [0.29, 0.717) is 17.4 Å². The summed E-state index contributed by atoms with van der Waals surface area (Å²) >= 11 is 1.40. The maximum atomic E-state index is 11.3. The lowest BCUT2D eigenvalue weighted by Gasteiger charge is -2.44. The minimum absolute atomic E-state index is 0.323. The number of pyridine rings is 1. The van der Waals surface area contributed by atoms with Gasteiger partial charge in [-0.25, -0.2) is 9.78 Å². The Labute approximate surface area is 156 Å². The SMILES string of the molecule is COc1cccc(CN2CCC3(CC2)OCCc2sc(C(=O)O)cc23)n1. The number of methoxy groups -OCH3 is 1. The predicted molar refractivity (Wildman–Crippen MR) is 97.9 cm³/mol. The van der Waals surface area contributed by atoms with Crippen molar-refractivity contribution in [1.82, 2.24) is 9.88 Å². The average molecular weight is 374 g/mol. The van der Waals surface area contributed by atoms with Crippen LogP contribution in [0.5, 0.6) is 5.88 Å². The third-order valence-electron chi connectivity index (χ3n) is 5.26. The molecule has 0 saturated carbocycles. The van der Waals surface area contributed by atoms with Crippen LogP contribution in [-0.4, -0.2) is 47.8 Å². The zero-order chi connectivity index (χ0) is 18.1. The van der Waals surface area contributed by atoms with E-state index in [2.05, 4.69) is 9.88 Å². The smallest absolute Gasteiger partial charge is 0.345 e. The van der Waals surface area contributed by atoms with Crippen LogP contribution in [0.2, 0.25) is 0 Å². The van der Waals surface area contributed by atoms with E-state index >= 15 is 0 Å². The number of ether oxygens (including phenoxy) is 2. The lowest BCUT2D eigenvalue weighted by Crippen LogP contribution is -2.46. The van der Waals surface area contributed by atoms with Crippen molar-refractivity contribution < 1.29 is 19.4 Å². The molecule has 2 aromatic heterocycles. The number of fused-ring (bicyclic) bond motifs is 2. The average Bonchev–Trinajstić information content (AvgIpc) is 3.10. The Morgan fingerprint density at radius 1 is 1.42 bits per heavy atom. The third-order valence-corrected chi connectivity index (χ3v) is 6.44. The van der Waals surface area contributed by atoms with E-state index in [1.54, 1.807) is 7.11 Å². The van der Waals surface area contributed by atoms with Crippen LogP contribution in [0.15, 0.2) is 24.3 Å². The topological polar surface area (TPSA) is 71.9 Å². The lowest BCUT2D eigenvalue weighted by atomic mass is 9.82. The number of carbonyl (C=O) groups is 1. The van der Waals surface area contributed by atoms with Gasteiger partial charge in [-0.2, -0.15) is 0 Å². The van der Waals surface area contributed by atoms with E-state index < -0.39 is 5.97 Å². The lowest BCUT2D eigenvalue weighted by molar-refractivity contribution is -0.0982. The fraction of sp³-hybridized carbons (Fsp3) is 0.474. The van der Waals surface area contributed by atoms with Crippen molar-refractivity contribution in [2.75, 3.05) is 26.8 Å². The van der Waals surface area contributed by atoms with Crippen molar-refractivity contribution >= 4 is 17.3 Å². The summed E-state index contributed by atoms with van der Waals surface area (Å²) in [5, 5.41) is 9.31. The zero-order valence-corrected chi connectivity index (χ0v) is 15.6. The zero-order valence-electron chi connectivity index (χ0n) is 14.7. The number of piperidine rings is 1. The highest BCUT2D eigenvalue weighted by Gasteiger charge is 2.42. The van der Waals surface area contributed by atoms with Gasteiger partial charge >= 0.3 is 5.97 Å². The Morgan fingerprint density at radius 2 is 2.23 bits per heavy atom. The molecule has 0 aromatic carbocycles. The molecule has 138 valence electrons. The molecule has 0 aliphatic carbocycles. The Bertz CT molecular complexity index is 812. The quantitative estimate of drug-likeness (QED) is 0.887. The first-order valence-electron chi connectivity index (χ1n) is 8.82. The Morgan fingerprint density at radius 3 is 2.96 bits per heavy atom. The molecule has 2 aliphatic heterocycles. The van der Waals surface area contributed by atoms with Gasteiger partial charge in [-0.15, -0.1) is 11.3 Å². The molecule has 6 nitrogen and oxygen atoms in total. The molecular formula is C19H22N2O4S. The number of hydrogen-bond acceptors (Lipinski definition) is 6. The number of thiophene rings is 1. The second kappa shape index (κ2) is 6.98. The first-order valence-corrected chi connectivity index (χ1v) is 9.64. The summed E-state index contributed by atoms with van der Waals surface area (Å²) in [5.41, 5.74) is 1.77. The monoisotopic (exact) mass is 374 g/mol. The fourth-order valence-electron chi connectivity index (χ4n) is 3.90. The van der Waals surface area contributed by atoms with Crippen molar-refractivity contribution in [2.24, 2.45) is 0 Å². The molecule has 1 saturated heterocycles. The number of carboxylic acid groups (broad SMARTS) is 1. The van der Waals surface area contributed by atoms with Gasteiger partial charge in [-0.1, -0.05) is 6.07 Å². The van der Waals surface area contributed by atoms with E-state index in [-0.39, 0.29) is 5.60 Å². The summed E-state index contributed by atoms with van der Waals surface area (Å²) in [7, 11) is 1.63. The summed E-state index contributed by atoms with van der Waals surface area (Å²) in [4.78, 5) is 19.8. The van der Waals surface area contributed by atoms with Crippen LogP contribution in [0.25, 0.3) is 0 Å². The van der Waals surface area contributed by atoms with Crippen LogP contribution >= 0.6 is 11.3 Å². The van der Waals surface area contributed by atoms with E-state index in [1.807, 2.05) is 24.3 Å². The molecule has 2 aromatic rings. The Hall–Kier alpha value is -1.96. The van der Waals surface area contributed by atoms with E-state index in [0.717, 1.165) is 50.2 Å². The van der Waals surface area contributed by atoms with Crippen molar-refractivity contribution in [3.63, 3.8) is 0 Å². The molecule has 1 fully saturated rings. The normalized spacial score (nSPS) is 19.3. The van der Waals surface area contributed by atoms with Crippen molar-refractivity contribution in [3.8, 4) is 5.88 Å². The summed E-state index contributed by atoms with van der Waals surface area (Å²) in [6, 6.07) is 7.66. The van der Waals surface area contributed by atoms with Crippen LogP contribution in [0.3, 0.4) is 0 Å². The fourth-order valence-corrected chi connectivity index (χ4v) is 4.97. The molecule has 0 atom stereocenters. The van der Waals surface area contributed by atoms with Gasteiger partial charge in [0, 0.05) is 37.0 Å². The van der Waals surface area contributed by atoms with Crippen molar-refractivity contribution in [1.29, 1.82) is 0 Å². The second-order valence-corrected chi connectivity index (χ2v) is 7.93. The molecule has 0 radical (unpaired) electrons. The molecule has 1 N–H and O–H groups in total. The van der Waals surface area contributed by atoms with E-state index in [9.17, 15) is 9.90 Å². The van der Waals surface area contributed by atoms with Crippen molar-refractivity contribution in [3.05, 3.63) is 45.3 Å². The first-order chi connectivity index (χ1) is 12.6. The number of likely N-dealkylation sites (tertiary alicyclic amines) is 1. The number of aromatic nitrogens is 1. The molecule has 1 spiro atoms. The highest BCUT2D eigenvalue weighted by Crippen LogP contribution is 2.44. The van der Waals surface area contributed by atoms with Gasteiger partial charge in [0.25, 0.3) is 0 Å². The number of rotatable bonds is 4. The molecule has 0 amide bonds. The maximum Gasteiger partial charge on any atom is 0.345 e. The molecule has 4 heterocycles. The molecule has 26 heavy (non-hydrogen) atoms. The van der Waals surface area contributed by atoms with Gasteiger partial charge in [-0.05, 0) is 30.5 Å². The number of carboxylic acids is 1. The van der Waals surface area contributed by atoms with Crippen LogP contribution < -0.4 is 4.74 Å².